The molecule has 0 aliphatic heterocycles. The minimum absolute atomic E-state index is 0.357. The van der Waals surface area contributed by atoms with Crippen LogP contribution in [0.25, 0.3) is 16.9 Å². The quantitative estimate of drug-likeness (QED) is 0.789. The zero-order chi connectivity index (χ0) is 13.4. The summed E-state index contributed by atoms with van der Waals surface area (Å²) in [6.45, 7) is 0.357. The van der Waals surface area contributed by atoms with E-state index in [1.54, 1.807) is 22.8 Å². The lowest BCUT2D eigenvalue weighted by molar-refractivity contribution is 0.942. The van der Waals surface area contributed by atoms with E-state index in [1.807, 2.05) is 18.3 Å². The van der Waals surface area contributed by atoms with Gasteiger partial charge >= 0.3 is 0 Å². The summed E-state index contributed by atoms with van der Waals surface area (Å²) >= 11 is 12.0. The number of nitrogens with two attached hydrogens (primary N) is 1. The predicted molar refractivity (Wildman–Crippen MR) is 76.3 cm³/mol. The molecule has 0 spiro atoms. The maximum Gasteiger partial charge on any atom is 0.160 e. The first-order chi connectivity index (χ1) is 9.20. The minimum Gasteiger partial charge on any atom is -0.326 e. The Hall–Kier alpha value is -1.62. The molecule has 0 unspecified atom stereocenters. The number of hydrogen-bond donors (Lipinski definition) is 1. The highest BCUT2D eigenvalue weighted by Gasteiger charge is 2.14. The smallest absolute Gasteiger partial charge is 0.160 e. The molecule has 96 valence electrons. The lowest BCUT2D eigenvalue weighted by Crippen LogP contribution is -1.98. The van der Waals surface area contributed by atoms with Crippen LogP contribution in [0.3, 0.4) is 0 Å². The first-order valence-electron chi connectivity index (χ1n) is 5.68. The molecular weight excluding hydrogens is 283 g/mol. The topological polar surface area (TPSA) is 56.2 Å². The van der Waals surface area contributed by atoms with Gasteiger partial charge < -0.3 is 5.73 Å². The van der Waals surface area contributed by atoms with Crippen LogP contribution in [-0.4, -0.2) is 14.6 Å². The first-order valence-corrected chi connectivity index (χ1v) is 6.44. The van der Waals surface area contributed by atoms with Gasteiger partial charge in [0.25, 0.3) is 0 Å². The van der Waals surface area contributed by atoms with Crippen LogP contribution in [0, 0.1) is 0 Å². The largest absolute Gasteiger partial charge is 0.326 e. The summed E-state index contributed by atoms with van der Waals surface area (Å²) in [6.07, 6.45) is 3.55. The number of fused-ring (bicyclic) bond motifs is 1. The van der Waals surface area contributed by atoms with E-state index in [0.29, 0.717) is 16.6 Å². The summed E-state index contributed by atoms with van der Waals surface area (Å²) in [4.78, 5) is 4.30. The first kappa shape index (κ1) is 12.4. The molecule has 3 rings (SSSR count). The van der Waals surface area contributed by atoms with Gasteiger partial charge in [-0.2, -0.15) is 5.10 Å². The molecule has 0 bridgehead atoms. The van der Waals surface area contributed by atoms with Gasteiger partial charge in [-0.15, -0.1) is 0 Å². The highest BCUT2D eigenvalue weighted by atomic mass is 35.5. The number of aromatic nitrogens is 3. The Kier molecular flexibility index (Phi) is 3.14. The maximum absolute atomic E-state index is 6.04. The molecule has 0 saturated carbocycles. The molecule has 4 nitrogen and oxygen atoms in total. The van der Waals surface area contributed by atoms with Crippen LogP contribution in [0.5, 0.6) is 0 Å². The third-order valence-electron chi connectivity index (χ3n) is 2.89. The normalized spacial score (nSPS) is 11.1. The monoisotopic (exact) mass is 292 g/mol. The van der Waals surface area contributed by atoms with E-state index in [9.17, 15) is 0 Å². The third kappa shape index (κ3) is 2.08. The predicted octanol–water partition coefficient (Wildman–Crippen LogP) is 3.16. The van der Waals surface area contributed by atoms with Crippen LogP contribution in [0.2, 0.25) is 10.0 Å². The third-order valence-corrected chi connectivity index (χ3v) is 3.63. The second kappa shape index (κ2) is 4.81. The van der Waals surface area contributed by atoms with Crippen LogP contribution in [0.4, 0.5) is 0 Å². The molecule has 0 fully saturated rings. The molecule has 2 aromatic heterocycles. The molecule has 0 amide bonds. The summed E-state index contributed by atoms with van der Waals surface area (Å²) in [7, 11) is 0. The van der Waals surface area contributed by atoms with Crippen LogP contribution in [0.15, 0.2) is 36.7 Å². The molecule has 0 aliphatic carbocycles. The highest BCUT2D eigenvalue weighted by Crippen LogP contribution is 2.30. The Balaban J connectivity index is 2.26. The average Bonchev–Trinajstić information content (AvgIpc) is 2.80. The lowest BCUT2D eigenvalue weighted by atomic mass is 10.1. The molecule has 19 heavy (non-hydrogen) atoms. The van der Waals surface area contributed by atoms with E-state index >= 15 is 0 Å². The maximum atomic E-state index is 6.04. The second-order valence-electron chi connectivity index (χ2n) is 4.05. The van der Waals surface area contributed by atoms with Crippen molar-refractivity contribution >= 4 is 28.8 Å². The Morgan fingerprint density at radius 2 is 2.05 bits per heavy atom. The van der Waals surface area contributed by atoms with Gasteiger partial charge in [0.15, 0.2) is 5.65 Å². The van der Waals surface area contributed by atoms with Crippen molar-refractivity contribution in [2.24, 2.45) is 5.73 Å². The van der Waals surface area contributed by atoms with Crippen molar-refractivity contribution in [3.05, 3.63) is 52.3 Å². The standard InChI is InChI=1S/C13H10Cl2N4/c14-10-3-2-8(6-11(10)15)12-9(7-16)13-17-4-1-5-19(13)18-12/h1-6H,7,16H2. The molecule has 2 heterocycles. The van der Waals surface area contributed by atoms with Gasteiger partial charge in [0, 0.05) is 30.1 Å². The second-order valence-corrected chi connectivity index (χ2v) is 4.86. The number of rotatable bonds is 2. The van der Waals surface area contributed by atoms with Crippen LogP contribution in [0.1, 0.15) is 5.56 Å². The fourth-order valence-electron chi connectivity index (χ4n) is 2.00. The van der Waals surface area contributed by atoms with Crippen molar-refractivity contribution in [3.8, 4) is 11.3 Å². The van der Waals surface area contributed by atoms with E-state index in [0.717, 1.165) is 22.5 Å². The van der Waals surface area contributed by atoms with Gasteiger partial charge in [-0.1, -0.05) is 29.3 Å². The van der Waals surface area contributed by atoms with E-state index in [1.165, 1.54) is 0 Å². The van der Waals surface area contributed by atoms with Crippen molar-refractivity contribution in [3.63, 3.8) is 0 Å². The fraction of sp³-hybridized carbons (Fsp3) is 0.0769. The Morgan fingerprint density at radius 3 is 2.79 bits per heavy atom. The van der Waals surface area contributed by atoms with E-state index in [-0.39, 0.29) is 0 Å². The number of nitrogens with zero attached hydrogens (tertiary/aromatic N) is 3. The summed E-state index contributed by atoms with van der Waals surface area (Å²) < 4.78 is 1.71. The van der Waals surface area contributed by atoms with Gasteiger partial charge in [-0.3, -0.25) is 0 Å². The van der Waals surface area contributed by atoms with Crippen molar-refractivity contribution in [1.29, 1.82) is 0 Å². The molecule has 1 aromatic carbocycles. The van der Waals surface area contributed by atoms with Crippen LogP contribution >= 0.6 is 23.2 Å². The van der Waals surface area contributed by atoms with Crippen LogP contribution in [-0.2, 0) is 6.54 Å². The van der Waals surface area contributed by atoms with E-state index < -0.39 is 0 Å². The SMILES string of the molecule is NCc1c(-c2ccc(Cl)c(Cl)c2)nn2cccnc12. The molecule has 6 heteroatoms. The molecule has 0 aliphatic rings. The zero-order valence-electron chi connectivity index (χ0n) is 9.85. The Bertz CT molecular complexity index is 751. The fourth-order valence-corrected chi connectivity index (χ4v) is 2.30. The summed E-state index contributed by atoms with van der Waals surface area (Å²) in [6, 6.07) is 7.22. The van der Waals surface area contributed by atoms with Gasteiger partial charge in [0.05, 0.1) is 15.7 Å². The van der Waals surface area contributed by atoms with Crippen molar-refractivity contribution in [2.75, 3.05) is 0 Å². The van der Waals surface area contributed by atoms with Gasteiger partial charge in [-0.25, -0.2) is 9.50 Å². The van der Waals surface area contributed by atoms with Crippen molar-refractivity contribution in [1.82, 2.24) is 14.6 Å². The van der Waals surface area contributed by atoms with Crippen molar-refractivity contribution < 1.29 is 0 Å². The Labute approximate surface area is 119 Å². The number of hydrogen-bond acceptors (Lipinski definition) is 3. The summed E-state index contributed by atoms with van der Waals surface area (Å²) in [5, 5.41) is 5.51. The molecular formula is C13H10Cl2N4. The molecule has 0 atom stereocenters. The number of halogens is 2. The van der Waals surface area contributed by atoms with Crippen molar-refractivity contribution in [2.45, 2.75) is 6.54 Å². The zero-order valence-corrected chi connectivity index (χ0v) is 11.4. The Morgan fingerprint density at radius 1 is 1.21 bits per heavy atom. The van der Waals surface area contributed by atoms with Gasteiger partial charge in [0.2, 0.25) is 0 Å². The summed E-state index contributed by atoms with van der Waals surface area (Å²) in [5.41, 5.74) is 9.11. The molecule has 0 saturated heterocycles. The van der Waals surface area contributed by atoms with Crippen LogP contribution < -0.4 is 5.73 Å². The highest BCUT2D eigenvalue weighted by molar-refractivity contribution is 6.42. The summed E-state index contributed by atoms with van der Waals surface area (Å²) in [5.74, 6) is 0. The molecule has 3 aromatic rings. The molecule has 2 N–H and O–H groups in total. The minimum atomic E-state index is 0.357. The lowest BCUT2D eigenvalue weighted by Gasteiger charge is -2.02. The van der Waals surface area contributed by atoms with E-state index in [2.05, 4.69) is 10.1 Å². The van der Waals surface area contributed by atoms with E-state index in [4.69, 9.17) is 28.9 Å². The van der Waals surface area contributed by atoms with Gasteiger partial charge in [-0.05, 0) is 18.2 Å². The average molecular weight is 293 g/mol. The van der Waals surface area contributed by atoms with Gasteiger partial charge in [0.1, 0.15) is 0 Å². The number of benzene rings is 1. The molecule has 0 radical (unpaired) electrons.